The second kappa shape index (κ2) is 2.42. The summed E-state index contributed by atoms with van der Waals surface area (Å²) in [6.07, 6.45) is 4.07. The molecule has 0 saturated carbocycles. The molecule has 0 aromatic heterocycles. The lowest BCUT2D eigenvalue weighted by Crippen LogP contribution is -2.00. The van der Waals surface area contributed by atoms with Crippen LogP contribution in [0.25, 0.3) is 0 Å². The Labute approximate surface area is 59.7 Å². The van der Waals surface area contributed by atoms with Gasteiger partial charge in [-0.25, -0.2) is 0 Å². The van der Waals surface area contributed by atoms with Crippen LogP contribution in [0.3, 0.4) is 0 Å². The second-order valence-corrected chi connectivity index (χ2v) is 3.26. The van der Waals surface area contributed by atoms with Crippen LogP contribution in [0.1, 0.15) is 13.8 Å². The predicted molar refractivity (Wildman–Crippen MR) is 42.5 cm³/mol. The van der Waals surface area contributed by atoms with Crippen LogP contribution < -0.4 is 0 Å². The molecule has 0 amide bonds. The first-order chi connectivity index (χ1) is 4.21. The van der Waals surface area contributed by atoms with Crippen molar-refractivity contribution in [2.24, 2.45) is 9.81 Å². The third kappa shape index (κ3) is 2.08. The first-order valence-electron chi connectivity index (χ1n) is 2.84. The summed E-state index contributed by atoms with van der Waals surface area (Å²) in [5.74, 6) is 2.84. The Bertz CT molecular complexity index is 185. The third-order valence-corrected chi connectivity index (χ3v) is 1.57. The molecule has 0 bridgehead atoms. The minimum absolute atomic E-state index is 0.132. The maximum Gasteiger partial charge on any atom is 0.0124 e. The van der Waals surface area contributed by atoms with E-state index in [1.165, 1.54) is 11.9 Å². The number of hydrogen-bond donors (Lipinski definition) is 0. The SMILES string of the molecule is CC1(C)C=C=NSC=C1. The Kier molecular flexibility index (Phi) is 1.79. The van der Waals surface area contributed by atoms with Gasteiger partial charge in [0, 0.05) is 17.4 Å². The van der Waals surface area contributed by atoms with Crippen molar-refractivity contribution in [1.82, 2.24) is 0 Å². The summed E-state index contributed by atoms with van der Waals surface area (Å²) in [6.45, 7) is 4.25. The standard InChI is InChI=1S/C7H9NS/c1-7(2)3-5-8-9-6-4-7/h3-4,6H,1-2H3. The lowest BCUT2D eigenvalue weighted by atomic mass is 9.94. The Morgan fingerprint density at radius 2 is 2.33 bits per heavy atom. The number of hydrogen-bond acceptors (Lipinski definition) is 2. The zero-order valence-corrected chi connectivity index (χ0v) is 6.40. The molecule has 2 heteroatoms. The van der Waals surface area contributed by atoms with Crippen molar-refractivity contribution in [3.63, 3.8) is 0 Å². The van der Waals surface area contributed by atoms with Gasteiger partial charge >= 0.3 is 0 Å². The summed E-state index contributed by atoms with van der Waals surface area (Å²) < 4.78 is 3.89. The third-order valence-electron chi connectivity index (χ3n) is 1.10. The lowest BCUT2D eigenvalue weighted by Gasteiger charge is -2.09. The molecule has 1 aliphatic rings. The molecule has 0 aromatic rings. The zero-order chi connectivity index (χ0) is 6.74. The van der Waals surface area contributed by atoms with E-state index in [9.17, 15) is 0 Å². The van der Waals surface area contributed by atoms with E-state index in [0.717, 1.165) is 0 Å². The lowest BCUT2D eigenvalue weighted by molar-refractivity contribution is 0.633. The van der Waals surface area contributed by atoms with Crippen molar-refractivity contribution in [1.29, 1.82) is 0 Å². The zero-order valence-electron chi connectivity index (χ0n) is 5.59. The van der Waals surface area contributed by atoms with Crippen LogP contribution in [-0.2, 0) is 0 Å². The fraction of sp³-hybridized carbons (Fsp3) is 0.429. The van der Waals surface area contributed by atoms with Crippen LogP contribution in [-0.4, -0.2) is 5.87 Å². The van der Waals surface area contributed by atoms with E-state index in [2.05, 4.69) is 30.2 Å². The van der Waals surface area contributed by atoms with Crippen LogP contribution in [0.5, 0.6) is 0 Å². The Morgan fingerprint density at radius 3 is 3.11 bits per heavy atom. The van der Waals surface area contributed by atoms with Crippen molar-refractivity contribution in [2.75, 3.05) is 0 Å². The highest BCUT2D eigenvalue weighted by atomic mass is 32.2. The summed E-state index contributed by atoms with van der Waals surface area (Å²) in [7, 11) is 0. The van der Waals surface area contributed by atoms with Crippen molar-refractivity contribution in [3.8, 4) is 0 Å². The Balaban J connectivity index is 2.87. The van der Waals surface area contributed by atoms with Crippen molar-refractivity contribution in [2.45, 2.75) is 13.8 Å². The molecule has 0 atom stereocenters. The molecule has 0 aliphatic carbocycles. The molecule has 0 spiro atoms. The Morgan fingerprint density at radius 1 is 1.56 bits per heavy atom. The minimum Gasteiger partial charge on any atom is -0.169 e. The molecule has 0 radical (unpaired) electrons. The van der Waals surface area contributed by atoms with Gasteiger partial charge in [0.25, 0.3) is 0 Å². The quantitative estimate of drug-likeness (QED) is 0.469. The summed E-state index contributed by atoms with van der Waals surface area (Å²) in [5, 5.41) is 1.98. The molecule has 0 unspecified atom stereocenters. The fourth-order valence-corrected chi connectivity index (χ4v) is 1.09. The van der Waals surface area contributed by atoms with Gasteiger partial charge in [-0.2, -0.15) is 4.40 Å². The van der Waals surface area contributed by atoms with Crippen LogP contribution in [0.15, 0.2) is 22.0 Å². The van der Waals surface area contributed by atoms with Gasteiger partial charge in [0.1, 0.15) is 0 Å². The molecule has 0 saturated heterocycles. The average molecular weight is 139 g/mol. The summed E-state index contributed by atoms with van der Waals surface area (Å²) >= 11 is 1.42. The van der Waals surface area contributed by atoms with Crippen LogP contribution in [0.4, 0.5) is 0 Å². The molecule has 9 heavy (non-hydrogen) atoms. The fourth-order valence-electron chi connectivity index (χ4n) is 0.507. The van der Waals surface area contributed by atoms with E-state index < -0.39 is 0 Å². The van der Waals surface area contributed by atoms with Crippen LogP contribution in [0, 0.1) is 5.41 Å². The van der Waals surface area contributed by atoms with Gasteiger partial charge in [0.05, 0.1) is 0 Å². The molecule has 1 nitrogen and oxygen atoms in total. The molecule has 0 aromatic carbocycles. The average Bonchev–Trinajstić information content (AvgIpc) is 1.92. The van der Waals surface area contributed by atoms with E-state index in [1.807, 2.05) is 11.5 Å². The monoisotopic (exact) mass is 139 g/mol. The Hall–Kier alpha value is -0.460. The van der Waals surface area contributed by atoms with Gasteiger partial charge in [0.15, 0.2) is 0 Å². The second-order valence-electron chi connectivity index (χ2n) is 2.59. The topological polar surface area (TPSA) is 12.4 Å². The highest BCUT2D eigenvalue weighted by Gasteiger charge is 2.08. The van der Waals surface area contributed by atoms with Crippen LogP contribution >= 0.6 is 11.9 Å². The van der Waals surface area contributed by atoms with E-state index in [0.29, 0.717) is 0 Å². The first kappa shape index (κ1) is 6.66. The molecule has 1 aliphatic heterocycles. The maximum absolute atomic E-state index is 3.89. The van der Waals surface area contributed by atoms with Crippen molar-refractivity contribution >= 4 is 17.8 Å². The smallest absolute Gasteiger partial charge is 0.0124 e. The normalized spacial score (nSPS) is 22.0. The summed E-state index contributed by atoms with van der Waals surface area (Å²) in [6, 6.07) is 0. The van der Waals surface area contributed by atoms with Crippen molar-refractivity contribution < 1.29 is 0 Å². The van der Waals surface area contributed by atoms with E-state index in [1.54, 1.807) is 0 Å². The highest BCUT2D eigenvalue weighted by Crippen LogP contribution is 2.21. The van der Waals surface area contributed by atoms with Gasteiger partial charge in [-0.15, -0.1) is 0 Å². The molecular formula is C7H9NS. The largest absolute Gasteiger partial charge is 0.169 e. The molecule has 48 valence electrons. The van der Waals surface area contributed by atoms with Gasteiger partial charge in [0.2, 0.25) is 0 Å². The van der Waals surface area contributed by atoms with Crippen LogP contribution in [0.2, 0.25) is 0 Å². The van der Waals surface area contributed by atoms with Gasteiger partial charge in [-0.1, -0.05) is 19.9 Å². The van der Waals surface area contributed by atoms with Crippen molar-refractivity contribution in [3.05, 3.63) is 17.6 Å². The molecule has 0 fully saturated rings. The maximum atomic E-state index is 3.89. The number of nitrogens with zero attached hydrogens (tertiary/aromatic N) is 1. The van der Waals surface area contributed by atoms with E-state index >= 15 is 0 Å². The molecular weight excluding hydrogens is 130 g/mol. The highest BCUT2D eigenvalue weighted by molar-refractivity contribution is 8.01. The van der Waals surface area contributed by atoms with E-state index in [-0.39, 0.29) is 5.41 Å². The first-order valence-corrected chi connectivity index (χ1v) is 3.68. The molecule has 1 heterocycles. The van der Waals surface area contributed by atoms with Gasteiger partial charge in [-0.3, -0.25) is 0 Å². The number of rotatable bonds is 0. The summed E-state index contributed by atoms with van der Waals surface area (Å²) in [4.78, 5) is 0. The number of allylic oxidation sites excluding steroid dienone is 2. The van der Waals surface area contributed by atoms with Gasteiger partial charge in [-0.05, 0) is 17.4 Å². The van der Waals surface area contributed by atoms with Gasteiger partial charge < -0.3 is 0 Å². The minimum atomic E-state index is 0.132. The summed E-state index contributed by atoms with van der Waals surface area (Å²) in [5.41, 5.74) is 0.132. The predicted octanol–water partition coefficient (Wildman–Crippen LogP) is 2.41. The van der Waals surface area contributed by atoms with E-state index in [4.69, 9.17) is 0 Å². The molecule has 0 N–H and O–H groups in total. The molecule has 1 rings (SSSR count).